The Labute approximate surface area is 241 Å². The molecule has 216 valence electrons. The topological polar surface area (TPSA) is 103 Å². The predicted molar refractivity (Wildman–Crippen MR) is 149 cm³/mol. The molecule has 7 rings (SSSR count). The fraction of sp³-hybridized carbons (Fsp3) is 0.333. The Hall–Kier alpha value is -4.03. The lowest BCUT2D eigenvalue weighted by Gasteiger charge is -2.46. The van der Waals surface area contributed by atoms with Crippen LogP contribution in [0.1, 0.15) is 53.8 Å². The first-order chi connectivity index (χ1) is 20.2. The molecule has 0 bridgehead atoms. The Morgan fingerprint density at radius 3 is 2.52 bits per heavy atom. The highest BCUT2D eigenvalue weighted by Crippen LogP contribution is 2.52. The molecule has 42 heavy (non-hydrogen) atoms. The quantitative estimate of drug-likeness (QED) is 0.294. The number of Topliss-reactive ketones (excluding diaryl/α,β-unsaturated/α-hetero) is 1. The van der Waals surface area contributed by atoms with Gasteiger partial charge in [0.25, 0.3) is 10.0 Å². The van der Waals surface area contributed by atoms with E-state index in [1.54, 1.807) is 40.6 Å². The minimum atomic E-state index is -3.93. The summed E-state index contributed by atoms with van der Waals surface area (Å²) in [5.41, 5.74) is 1.94. The number of carbonyl (C=O) groups is 1. The van der Waals surface area contributed by atoms with Crippen LogP contribution in [-0.2, 0) is 23.5 Å². The molecule has 0 unspecified atom stereocenters. The van der Waals surface area contributed by atoms with Crippen LogP contribution in [0.4, 0.5) is 8.78 Å². The van der Waals surface area contributed by atoms with Gasteiger partial charge in [-0.3, -0.25) is 14.5 Å². The molecule has 3 aliphatic carbocycles. The average molecular weight is 591 g/mol. The summed E-state index contributed by atoms with van der Waals surface area (Å²) in [5.74, 6) is -1.27. The Morgan fingerprint density at radius 2 is 1.83 bits per heavy atom. The number of carbonyl (C=O) groups excluding carboxylic acids is 1. The van der Waals surface area contributed by atoms with Crippen LogP contribution >= 0.6 is 0 Å². The van der Waals surface area contributed by atoms with Gasteiger partial charge in [-0.25, -0.2) is 21.9 Å². The normalized spacial score (nSPS) is 22.0. The first-order valence-corrected chi connectivity index (χ1v) is 15.3. The van der Waals surface area contributed by atoms with Gasteiger partial charge in [-0.2, -0.15) is 14.5 Å². The number of hydrogen-bond acceptors (Lipinski definition) is 6. The standard InChI is InChI=1S/C30H28F2N6O3S/c1-36-13-11-28(35-36)42(40,41)38(24-8-9-24)25-5-2-20-14-27-19(18-34-37(27)23-6-3-21(31)4-7-23)16-30(20,17-25)29(39)26-15-22(32)10-12-33-26/h3-4,6-7,10-15,18,24-25H,2,5,8-9,16-17H2,1H3/t25-,30-/m0/s1. The van der Waals surface area contributed by atoms with Gasteiger partial charge in [0.1, 0.15) is 17.3 Å². The van der Waals surface area contributed by atoms with Crippen molar-refractivity contribution in [1.29, 1.82) is 0 Å². The summed E-state index contributed by atoms with van der Waals surface area (Å²) in [6, 6.07) is 9.20. The van der Waals surface area contributed by atoms with Crippen molar-refractivity contribution >= 4 is 21.9 Å². The highest BCUT2D eigenvalue weighted by molar-refractivity contribution is 7.89. The number of rotatable bonds is 7. The highest BCUT2D eigenvalue weighted by Gasteiger charge is 2.54. The number of nitrogens with zero attached hydrogens (tertiary/aromatic N) is 6. The smallest absolute Gasteiger partial charge is 0.262 e. The molecule has 4 aromatic rings. The molecule has 2 saturated carbocycles. The number of pyridine rings is 1. The molecule has 2 atom stereocenters. The van der Waals surface area contributed by atoms with Gasteiger partial charge < -0.3 is 0 Å². The summed E-state index contributed by atoms with van der Waals surface area (Å²) >= 11 is 0. The fourth-order valence-electron chi connectivity index (χ4n) is 6.52. The van der Waals surface area contributed by atoms with Crippen LogP contribution in [0.2, 0.25) is 0 Å². The number of aromatic nitrogens is 5. The zero-order valence-electron chi connectivity index (χ0n) is 22.8. The molecule has 3 heterocycles. The molecule has 0 saturated heterocycles. The summed E-state index contributed by atoms with van der Waals surface area (Å²) in [6.45, 7) is 0. The van der Waals surface area contributed by atoms with Crippen molar-refractivity contribution in [2.45, 2.75) is 55.6 Å². The van der Waals surface area contributed by atoms with Gasteiger partial charge >= 0.3 is 0 Å². The van der Waals surface area contributed by atoms with E-state index in [1.165, 1.54) is 35.1 Å². The highest BCUT2D eigenvalue weighted by atomic mass is 32.2. The lowest BCUT2D eigenvalue weighted by molar-refractivity contribution is 0.0733. The number of halogens is 2. The molecule has 0 spiro atoms. The van der Waals surface area contributed by atoms with Crippen molar-refractivity contribution in [3.63, 3.8) is 0 Å². The molecule has 9 nitrogen and oxygen atoms in total. The molecule has 1 aromatic carbocycles. The molecule has 0 aliphatic heterocycles. The van der Waals surface area contributed by atoms with Crippen LogP contribution in [0.15, 0.2) is 71.7 Å². The zero-order valence-corrected chi connectivity index (χ0v) is 23.6. The van der Waals surface area contributed by atoms with E-state index in [2.05, 4.69) is 15.2 Å². The number of benzene rings is 1. The lowest BCUT2D eigenvalue weighted by atomic mass is 9.60. The van der Waals surface area contributed by atoms with Crippen LogP contribution in [0.5, 0.6) is 0 Å². The third kappa shape index (κ3) is 4.40. The lowest BCUT2D eigenvalue weighted by Crippen LogP contribution is -2.51. The predicted octanol–water partition coefficient (Wildman–Crippen LogP) is 4.49. The molecule has 2 fully saturated rings. The van der Waals surface area contributed by atoms with Gasteiger partial charge in [0.15, 0.2) is 10.8 Å². The van der Waals surface area contributed by atoms with Gasteiger partial charge in [0, 0.05) is 37.6 Å². The van der Waals surface area contributed by atoms with Crippen molar-refractivity contribution in [2.24, 2.45) is 12.5 Å². The van der Waals surface area contributed by atoms with Crippen molar-refractivity contribution in [2.75, 3.05) is 0 Å². The van der Waals surface area contributed by atoms with E-state index in [4.69, 9.17) is 0 Å². The largest absolute Gasteiger partial charge is 0.291 e. The molecule has 0 radical (unpaired) electrons. The minimum absolute atomic E-state index is 0.00137. The first kappa shape index (κ1) is 26.8. The molecular weight excluding hydrogens is 562 g/mol. The van der Waals surface area contributed by atoms with E-state index < -0.39 is 27.3 Å². The number of allylic oxidation sites excluding steroid dienone is 1. The summed E-state index contributed by atoms with van der Waals surface area (Å²) in [5, 5.41) is 8.72. The second-order valence-corrected chi connectivity index (χ2v) is 13.1. The van der Waals surface area contributed by atoms with E-state index in [0.29, 0.717) is 18.5 Å². The van der Waals surface area contributed by atoms with Crippen molar-refractivity contribution < 1.29 is 22.0 Å². The molecule has 0 amide bonds. The second-order valence-electron chi connectivity index (χ2n) is 11.4. The summed E-state index contributed by atoms with van der Waals surface area (Å²) in [6.07, 6.45) is 9.43. The Morgan fingerprint density at radius 1 is 1.05 bits per heavy atom. The van der Waals surface area contributed by atoms with Crippen molar-refractivity contribution in [3.8, 4) is 5.69 Å². The Bertz CT molecular complexity index is 1840. The molecule has 0 N–H and O–H groups in total. The maximum atomic E-state index is 14.4. The molecular formula is C30H28F2N6O3S. The molecule has 3 aliphatic rings. The number of hydrogen-bond donors (Lipinski definition) is 0. The Balaban J connectivity index is 1.32. The van der Waals surface area contributed by atoms with Gasteiger partial charge in [0.2, 0.25) is 0 Å². The van der Waals surface area contributed by atoms with Gasteiger partial charge in [-0.15, -0.1) is 0 Å². The van der Waals surface area contributed by atoms with Crippen molar-refractivity contribution in [3.05, 3.63) is 95.2 Å². The summed E-state index contributed by atoms with van der Waals surface area (Å²) in [4.78, 5) is 18.6. The first-order valence-electron chi connectivity index (χ1n) is 13.9. The van der Waals surface area contributed by atoms with Crippen LogP contribution in [0, 0.1) is 17.0 Å². The van der Waals surface area contributed by atoms with Crippen molar-refractivity contribution in [1.82, 2.24) is 28.9 Å². The third-order valence-corrected chi connectivity index (χ3v) is 10.5. The van der Waals surface area contributed by atoms with Crippen LogP contribution in [-0.4, -0.2) is 55.1 Å². The monoisotopic (exact) mass is 590 g/mol. The summed E-state index contributed by atoms with van der Waals surface area (Å²) < 4.78 is 60.5. The maximum absolute atomic E-state index is 14.4. The SMILES string of the molecule is Cn1ccc(S(=O)(=O)N(C2CC2)[C@H]2CCC3=Cc4c(cnn4-c4ccc(F)cc4)C[C@]3(C(=O)c3cc(F)ccn3)C2)n1. The van der Waals surface area contributed by atoms with E-state index in [-0.39, 0.29) is 41.2 Å². The minimum Gasteiger partial charge on any atom is -0.291 e. The zero-order chi connectivity index (χ0) is 29.2. The van der Waals surface area contributed by atoms with Crippen LogP contribution < -0.4 is 0 Å². The third-order valence-electron chi connectivity index (χ3n) is 8.59. The van der Waals surface area contributed by atoms with Gasteiger partial charge in [-0.1, -0.05) is 5.57 Å². The van der Waals surface area contributed by atoms with Crippen LogP contribution in [0.3, 0.4) is 0 Å². The number of ketones is 1. The van der Waals surface area contributed by atoms with E-state index in [9.17, 15) is 22.0 Å². The van der Waals surface area contributed by atoms with E-state index in [1.807, 2.05) is 6.08 Å². The van der Waals surface area contributed by atoms with Crippen LogP contribution in [0.25, 0.3) is 11.8 Å². The van der Waals surface area contributed by atoms with Gasteiger partial charge in [-0.05, 0) is 86.6 Å². The second kappa shape index (κ2) is 9.77. The molecule has 12 heteroatoms. The fourth-order valence-corrected chi connectivity index (χ4v) is 8.38. The Kier molecular flexibility index (Phi) is 6.24. The maximum Gasteiger partial charge on any atom is 0.262 e. The van der Waals surface area contributed by atoms with E-state index in [0.717, 1.165) is 35.7 Å². The van der Waals surface area contributed by atoms with Gasteiger partial charge in [0.05, 0.1) is 23.0 Å². The summed E-state index contributed by atoms with van der Waals surface area (Å²) in [7, 11) is -2.26. The number of sulfonamides is 1. The number of fused-ring (bicyclic) bond motifs is 2. The average Bonchev–Trinajstić information content (AvgIpc) is 3.55. The van der Waals surface area contributed by atoms with E-state index >= 15 is 0 Å². The molecule has 3 aromatic heterocycles. The number of aryl methyl sites for hydroxylation is 1.